The van der Waals surface area contributed by atoms with E-state index in [1.54, 1.807) is 84.0 Å². The molecule has 3 aromatic rings. The minimum absolute atomic E-state index is 0.0240. The molecule has 15 heteroatoms. The molecule has 1 unspecified atom stereocenters. The van der Waals surface area contributed by atoms with Gasteiger partial charge >= 0.3 is 12.2 Å². The average molecular weight is 724 g/mol. The lowest BCUT2D eigenvalue weighted by Crippen LogP contribution is -2.50. The number of carbonyl (C=O) groups is 3. The molecular formula is C36H42ClN5O9. The molecule has 1 aliphatic rings. The molecule has 1 atom stereocenters. The van der Waals surface area contributed by atoms with Gasteiger partial charge in [-0.25, -0.2) is 14.5 Å². The molecule has 3 amide bonds. The van der Waals surface area contributed by atoms with Crippen LogP contribution < -0.4 is 19.7 Å². The van der Waals surface area contributed by atoms with E-state index in [9.17, 15) is 24.5 Å². The first-order valence-electron chi connectivity index (χ1n) is 16.2. The second-order valence-electron chi connectivity index (χ2n) is 13.7. The normalized spacial score (nSPS) is 14.1. The number of guanidine groups is 1. The van der Waals surface area contributed by atoms with Crippen LogP contribution in [0.5, 0.6) is 11.5 Å². The van der Waals surface area contributed by atoms with E-state index in [0.717, 1.165) is 16.0 Å². The van der Waals surface area contributed by atoms with E-state index in [-0.39, 0.29) is 43.5 Å². The van der Waals surface area contributed by atoms with Gasteiger partial charge in [-0.15, -0.1) is 0 Å². The SMILES string of the molecule is CC(C)(C)OC(=O)NC(=N)N(CCc1ccc(OCCC2Oc3cc([N+](=O)[O-])ccc3N(Cc3cccc(Cl)c3)C2=O)cc1)C(=O)OC(C)(C)C. The Morgan fingerprint density at radius 3 is 2.31 bits per heavy atom. The number of nitrogens with one attached hydrogen (secondary N) is 2. The third-order valence-electron chi connectivity index (χ3n) is 7.18. The number of hydrogen-bond donors (Lipinski definition) is 2. The first kappa shape index (κ1) is 38.4. The van der Waals surface area contributed by atoms with Crippen LogP contribution in [0.1, 0.15) is 59.1 Å². The maximum atomic E-state index is 13.6. The molecule has 4 rings (SSSR count). The van der Waals surface area contributed by atoms with E-state index in [1.807, 2.05) is 6.07 Å². The van der Waals surface area contributed by atoms with E-state index in [1.165, 1.54) is 23.1 Å². The molecule has 0 fully saturated rings. The van der Waals surface area contributed by atoms with Crippen molar-refractivity contribution in [2.24, 2.45) is 0 Å². The second-order valence-corrected chi connectivity index (χ2v) is 14.1. The maximum absolute atomic E-state index is 13.6. The predicted molar refractivity (Wildman–Crippen MR) is 190 cm³/mol. The van der Waals surface area contributed by atoms with Crippen molar-refractivity contribution >= 4 is 47.0 Å². The van der Waals surface area contributed by atoms with Gasteiger partial charge in [0.2, 0.25) is 5.96 Å². The van der Waals surface area contributed by atoms with Gasteiger partial charge in [0.1, 0.15) is 17.0 Å². The summed E-state index contributed by atoms with van der Waals surface area (Å²) < 4.78 is 22.5. The predicted octanol–water partition coefficient (Wildman–Crippen LogP) is 7.25. The summed E-state index contributed by atoms with van der Waals surface area (Å²) in [7, 11) is 0. The van der Waals surface area contributed by atoms with Crippen molar-refractivity contribution in [2.45, 2.75) is 78.2 Å². The third kappa shape index (κ3) is 11.3. The van der Waals surface area contributed by atoms with E-state index in [4.69, 9.17) is 36.0 Å². The van der Waals surface area contributed by atoms with Crippen LogP contribution in [0.2, 0.25) is 5.02 Å². The van der Waals surface area contributed by atoms with Crippen LogP contribution in [0, 0.1) is 15.5 Å². The van der Waals surface area contributed by atoms with Crippen molar-refractivity contribution in [1.29, 1.82) is 5.41 Å². The fraction of sp³-hybridized carbons (Fsp3) is 0.389. The highest BCUT2D eigenvalue weighted by molar-refractivity contribution is 6.30. The molecule has 0 bridgehead atoms. The number of amides is 3. The molecule has 1 aliphatic heterocycles. The minimum atomic E-state index is -0.957. The minimum Gasteiger partial charge on any atom is -0.493 e. The van der Waals surface area contributed by atoms with Crippen LogP contribution in [0.4, 0.5) is 21.0 Å². The number of nitrogens with zero attached hydrogens (tertiary/aromatic N) is 3. The van der Waals surface area contributed by atoms with Crippen LogP contribution in [0.15, 0.2) is 66.7 Å². The number of rotatable bonds is 10. The second kappa shape index (κ2) is 16.1. The van der Waals surface area contributed by atoms with Crippen molar-refractivity contribution in [3.8, 4) is 11.5 Å². The van der Waals surface area contributed by atoms with E-state index in [2.05, 4.69) is 5.32 Å². The number of non-ortho nitro benzene ring substituents is 1. The van der Waals surface area contributed by atoms with E-state index in [0.29, 0.717) is 22.9 Å². The maximum Gasteiger partial charge on any atom is 0.417 e. The number of nitro groups is 1. The smallest absolute Gasteiger partial charge is 0.417 e. The summed E-state index contributed by atoms with van der Waals surface area (Å²) in [5, 5.41) is 22.6. The lowest BCUT2D eigenvalue weighted by Gasteiger charge is -2.34. The first-order chi connectivity index (χ1) is 23.9. The van der Waals surface area contributed by atoms with Gasteiger partial charge in [-0.3, -0.25) is 25.6 Å². The number of halogens is 1. The van der Waals surface area contributed by atoms with Crippen LogP contribution in [0.25, 0.3) is 0 Å². The van der Waals surface area contributed by atoms with Gasteiger partial charge in [0.15, 0.2) is 11.9 Å². The van der Waals surface area contributed by atoms with Crippen LogP contribution in [0.3, 0.4) is 0 Å². The van der Waals surface area contributed by atoms with Crippen molar-refractivity contribution < 1.29 is 38.3 Å². The zero-order valence-electron chi connectivity index (χ0n) is 29.4. The topological polar surface area (TPSA) is 174 Å². The summed E-state index contributed by atoms with van der Waals surface area (Å²) in [6, 6.07) is 18.3. The Morgan fingerprint density at radius 2 is 1.69 bits per heavy atom. The molecule has 2 N–H and O–H groups in total. The van der Waals surface area contributed by atoms with Crippen molar-refractivity contribution in [2.75, 3.05) is 18.1 Å². The number of carbonyl (C=O) groups excluding carboxylic acids is 3. The highest BCUT2D eigenvalue weighted by atomic mass is 35.5. The van der Waals surface area contributed by atoms with Gasteiger partial charge in [0.05, 0.1) is 29.8 Å². The summed E-state index contributed by atoms with van der Waals surface area (Å²) in [5.74, 6) is -0.0787. The fourth-order valence-electron chi connectivity index (χ4n) is 4.95. The Morgan fingerprint density at radius 1 is 1.00 bits per heavy atom. The Labute approximate surface area is 301 Å². The summed E-state index contributed by atoms with van der Waals surface area (Å²) in [5.41, 5.74) is 0.217. The number of ether oxygens (including phenoxy) is 4. The highest BCUT2D eigenvalue weighted by Gasteiger charge is 2.35. The van der Waals surface area contributed by atoms with Gasteiger partial charge in [0.25, 0.3) is 11.6 Å². The fourth-order valence-corrected chi connectivity index (χ4v) is 5.16. The number of fused-ring (bicyclic) bond motifs is 1. The lowest BCUT2D eigenvalue weighted by atomic mass is 10.1. The van der Waals surface area contributed by atoms with Crippen LogP contribution >= 0.6 is 11.6 Å². The molecule has 0 saturated carbocycles. The average Bonchev–Trinajstić information content (AvgIpc) is 3.01. The molecule has 51 heavy (non-hydrogen) atoms. The summed E-state index contributed by atoms with van der Waals surface area (Å²) in [6.45, 7) is 10.5. The van der Waals surface area contributed by atoms with Crippen molar-refractivity contribution in [3.05, 3.63) is 93.0 Å². The van der Waals surface area contributed by atoms with Gasteiger partial charge in [-0.1, -0.05) is 35.9 Å². The molecule has 0 radical (unpaired) electrons. The highest BCUT2D eigenvalue weighted by Crippen LogP contribution is 2.38. The van der Waals surface area contributed by atoms with Crippen molar-refractivity contribution in [3.63, 3.8) is 0 Å². The summed E-state index contributed by atoms with van der Waals surface area (Å²) in [4.78, 5) is 52.3. The lowest BCUT2D eigenvalue weighted by molar-refractivity contribution is -0.384. The number of alkyl carbamates (subject to hydrolysis) is 1. The molecular weight excluding hydrogens is 682 g/mol. The number of benzene rings is 3. The molecule has 14 nitrogen and oxygen atoms in total. The Balaban J connectivity index is 1.38. The summed E-state index contributed by atoms with van der Waals surface area (Å²) in [6.07, 6.45) is -2.15. The largest absolute Gasteiger partial charge is 0.493 e. The number of hydrogen-bond acceptors (Lipinski definition) is 10. The van der Waals surface area contributed by atoms with Gasteiger partial charge < -0.3 is 23.8 Å². The van der Waals surface area contributed by atoms with Crippen LogP contribution in [-0.4, -0.2) is 64.3 Å². The quantitative estimate of drug-likeness (QED) is 0.0945. The van der Waals surface area contributed by atoms with Gasteiger partial charge in [-0.05, 0) is 89.4 Å². The summed E-state index contributed by atoms with van der Waals surface area (Å²) >= 11 is 6.16. The Hall–Kier alpha value is -5.37. The molecule has 0 aliphatic carbocycles. The van der Waals surface area contributed by atoms with E-state index >= 15 is 0 Å². The van der Waals surface area contributed by atoms with Crippen molar-refractivity contribution in [1.82, 2.24) is 10.2 Å². The van der Waals surface area contributed by atoms with Gasteiger partial charge in [-0.2, -0.15) is 0 Å². The molecule has 3 aromatic carbocycles. The third-order valence-corrected chi connectivity index (χ3v) is 7.42. The molecule has 0 spiro atoms. The first-order valence-corrected chi connectivity index (χ1v) is 16.6. The molecule has 0 aromatic heterocycles. The molecule has 1 heterocycles. The Kier molecular flexibility index (Phi) is 12.1. The molecule has 0 saturated heterocycles. The zero-order chi connectivity index (χ0) is 37.5. The van der Waals surface area contributed by atoms with Gasteiger partial charge in [0, 0.05) is 24.1 Å². The standard InChI is InChI=1S/C36H42ClN5O9/c1-35(2,3)50-33(44)39-32(38)40(34(45)51-36(4,5)6)18-16-23-10-13-27(14-11-23)48-19-17-29-31(43)41(22-24-8-7-9-25(37)20-24)28-15-12-26(42(46)47)21-30(28)49-29/h7-15,20-21,29H,16-19,22H2,1-6H3,(H2,38,39,44). The zero-order valence-corrected chi connectivity index (χ0v) is 30.1. The Bertz CT molecular complexity index is 1770. The molecule has 272 valence electrons. The number of nitro benzene ring substituents is 1. The monoisotopic (exact) mass is 723 g/mol. The van der Waals surface area contributed by atoms with Crippen LogP contribution in [-0.2, 0) is 27.2 Å². The van der Waals surface area contributed by atoms with E-state index < -0.39 is 40.4 Å². The number of anilines is 1.